The molecule has 1 amide bonds. The molecule has 0 aromatic heterocycles. The number of likely N-dealkylation sites (tertiary alicyclic amines) is 1. The van der Waals surface area contributed by atoms with Crippen LogP contribution in [-0.4, -0.2) is 68.1 Å². The Kier molecular flexibility index (Phi) is 4.81. The van der Waals surface area contributed by atoms with E-state index in [4.69, 9.17) is 5.11 Å². The zero-order valence-electron chi connectivity index (χ0n) is 11.0. The van der Waals surface area contributed by atoms with E-state index in [1.165, 1.54) is 0 Å². The third kappa shape index (κ3) is 4.15. The van der Waals surface area contributed by atoms with E-state index in [1.807, 2.05) is 0 Å². The highest BCUT2D eigenvalue weighted by molar-refractivity contribution is 7.91. The van der Waals surface area contributed by atoms with Crippen molar-refractivity contribution in [1.82, 2.24) is 10.2 Å². The van der Waals surface area contributed by atoms with Crippen molar-refractivity contribution in [2.75, 3.05) is 37.7 Å². The fraction of sp³-hybridized carbons (Fsp3) is 0.917. The molecule has 1 unspecified atom stereocenters. The Morgan fingerprint density at radius 3 is 2.58 bits per heavy atom. The molecular weight excluding hydrogens is 268 g/mol. The van der Waals surface area contributed by atoms with Crippen molar-refractivity contribution >= 4 is 15.7 Å². The smallest absolute Gasteiger partial charge is 0.224 e. The van der Waals surface area contributed by atoms with E-state index in [0.717, 1.165) is 12.8 Å². The van der Waals surface area contributed by atoms with Gasteiger partial charge >= 0.3 is 0 Å². The molecule has 0 aromatic rings. The predicted octanol–water partition coefficient (Wildman–Crippen LogP) is -1.01. The SMILES string of the molecule is O=C(CC1CS(=O)(=O)CCN1)N1CCC(CO)CC1. The van der Waals surface area contributed by atoms with Gasteiger partial charge in [0.1, 0.15) is 0 Å². The van der Waals surface area contributed by atoms with Gasteiger partial charge in [0.15, 0.2) is 9.84 Å². The molecule has 1 atom stereocenters. The molecule has 0 aromatic carbocycles. The molecule has 2 saturated heterocycles. The van der Waals surface area contributed by atoms with Gasteiger partial charge in [-0.2, -0.15) is 0 Å². The fourth-order valence-corrected chi connectivity index (χ4v) is 4.15. The minimum absolute atomic E-state index is 0.0194. The second-order valence-electron chi connectivity index (χ2n) is 5.48. The van der Waals surface area contributed by atoms with Crippen LogP contribution in [0.1, 0.15) is 19.3 Å². The van der Waals surface area contributed by atoms with Crippen molar-refractivity contribution in [3.8, 4) is 0 Å². The maximum atomic E-state index is 12.1. The van der Waals surface area contributed by atoms with Crippen LogP contribution in [0.3, 0.4) is 0 Å². The summed E-state index contributed by atoms with van der Waals surface area (Å²) < 4.78 is 23.0. The summed E-state index contributed by atoms with van der Waals surface area (Å²) in [7, 11) is -2.99. The summed E-state index contributed by atoms with van der Waals surface area (Å²) in [5.41, 5.74) is 0. The number of hydrogen-bond donors (Lipinski definition) is 2. The van der Waals surface area contributed by atoms with Crippen LogP contribution in [0, 0.1) is 5.92 Å². The number of amides is 1. The van der Waals surface area contributed by atoms with Gasteiger partial charge in [-0.1, -0.05) is 0 Å². The third-order valence-electron chi connectivity index (χ3n) is 3.95. The number of sulfone groups is 1. The molecule has 2 heterocycles. The Morgan fingerprint density at radius 2 is 2.00 bits per heavy atom. The zero-order chi connectivity index (χ0) is 13.9. The van der Waals surface area contributed by atoms with Crippen LogP contribution in [0.25, 0.3) is 0 Å². The lowest BCUT2D eigenvalue weighted by Gasteiger charge is -2.33. The summed E-state index contributed by atoms with van der Waals surface area (Å²) in [6, 6.07) is -0.248. The number of nitrogens with one attached hydrogen (secondary N) is 1. The average Bonchev–Trinajstić information content (AvgIpc) is 2.37. The molecule has 0 saturated carbocycles. The highest BCUT2D eigenvalue weighted by Gasteiger charge is 2.29. The standard InChI is InChI=1S/C12H22N2O4S/c15-8-10-1-4-14(5-2-10)12(16)7-11-9-19(17,18)6-3-13-11/h10-11,13,15H,1-9H2. The van der Waals surface area contributed by atoms with Gasteiger partial charge in [-0.05, 0) is 18.8 Å². The molecule has 6 nitrogen and oxygen atoms in total. The highest BCUT2D eigenvalue weighted by atomic mass is 32.2. The summed E-state index contributed by atoms with van der Waals surface area (Å²) in [5, 5.41) is 12.2. The molecule has 0 aliphatic carbocycles. The Bertz CT molecular complexity index is 415. The first kappa shape index (κ1) is 14.7. The molecule has 2 aliphatic heterocycles. The summed E-state index contributed by atoms with van der Waals surface area (Å²) in [6.45, 7) is 1.96. The molecule has 2 aliphatic rings. The molecule has 19 heavy (non-hydrogen) atoms. The lowest BCUT2D eigenvalue weighted by atomic mass is 9.97. The van der Waals surface area contributed by atoms with Crippen molar-refractivity contribution < 1.29 is 18.3 Å². The minimum atomic E-state index is -2.99. The van der Waals surface area contributed by atoms with Crippen LogP contribution >= 0.6 is 0 Å². The van der Waals surface area contributed by atoms with Gasteiger partial charge in [0, 0.05) is 38.7 Å². The van der Waals surface area contributed by atoms with Crippen molar-refractivity contribution in [2.45, 2.75) is 25.3 Å². The van der Waals surface area contributed by atoms with Crippen LogP contribution < -0.4 is 5.32 Å². The Labute approximate surface area is 114 Å². The van der Waals surface area contributed by atoms with E-state index in [2.05, 4.69) is 5.32 Å². The first-order valence-corrected chi connectivity index (χ1v) is 8.65. The molecule has 0 spiro atoms. The second-order valence-corrected chi connectivity index (χ2v) is 7.70. The topological polar surface area (TPSA) is 86.7 Å². The number of carbonyl (C=O) groups excluding carboxylic acids is 1. The minimum Gasteiger partial charge on any atom is -0.396 e. The number of carbonyl (C=O) groups is 1. The Morgan fingerprint density at radius 1 is 1.32 bits per heavy atom. The van der Waals surface area contributed by atoms with E-state index in [1.54, 1.807) is 4.90 Å². The lowest BCUT2D eigenvalue weighted by molar-refractivity contribution is -0.133. The van der Waals surface area contributed by atoms with Crippen LogP contribution in [0.5, 0.6) is 0 Å². The third-order valence-corrected chi connectivity index (χ3v) is 5.68. The van der Waals surface area contributed by atoms with Crippen LogP contribution in [0.2, 0.25) is 0 Å². The second kappa shape index (κ2) is 6.19. The first-order chi connectivity index (χ1) is 9.00. The number of piperidine rings is 1. The number of aliphatic hydroxyl groups is 1. The van der Waals surface area contributed by atoms with Crippen molar-refractivity contribution in [1.29, 1.82) is 0 Å². The largest absolute Gasteiger partial charge is 0.396 e. The van der Waals surface area contributed by atoms with Gasteiger partial charge in [0.25, 0.3) is 0 Å². The molecule has 110 valence electrons. The van der Waals surface area contributed by atoms with Crippen LogP contribution in [-0.2, 0) is 14.6 Å². The number of aliphatic hydroxyl groups excluding tert-OH is 1. The molecule has 2 fully saturated rings. The van der Waals surface area contributed by atoms with Crippen molar-refractivity contribution in [2.24, 2.45) is 5.92 Å². The normalized spacial score (nSPS) is 28.3. The van der Waals surface area contributed by atoms with Crippen molar-refractivity contribution in [3.05, 3.63) is 0 Å². The zero-order valence-corrected chi connectivity index (χ0v) is 11.9. The van der Waals surface area contributed by atoms with Crippen molar-refractivity contribution in [3.63, 3.8) is 0 Å². The van der Waals surface area contributed by atoms with Gasteiger partial charge in [-0.3, -0.25) is 4.79 Å². The molecular formula is C12H22N2O4S. The quantitative estimate of drug-likeness (QED) is 0.696. The molecule has 2 rings (SSSR count). The maximum absolute atomic E-state index is 12.1. The van der Waals surface area contributed by atoms with Gasteiger partial charge in [-0.25, -0.2) is 8.42 Å². The van der Waals surface area contributed by atoms with E-state index in [0.29, 0.717) is 25.6 Å². The van der Waals surface area contributed by atoms with E-state index in [9.17, 15) is 13.2 Å². The van der Waals surface area contributed by atoms with E-state index >= 15 is 0 Å². The fourth-order valence-electron chi connectivity index (χ4n) is 2.70. The van der Waals surface area contributed by atoms with Gasteiger partial charge < -0.3 is 15.3 Å². The number of nitrogens with zero attached hydrogens (tertiary/aromatic N) is 1. The predicted molar refractivity (Wildman–Crippen MR) is 71.5 cm³/mol. The molecule has 0 bridgehead atoms. The highest BCUT2D eigenvalue weighted by Crippen LogP contribution is 2.17. The van der Waals surface area contributed by atoms with E-state index < -0.39 is 9.84 Å². The van der Waals surface area contributed by atoms with Crippen LogP contribution in [0.15, 0.2) is 0 Å². The summed E-state index contributed by atoms with van der Waals surface area (Å²) in [5.74, 6) is 0.550. The monoisotopic (exact) mass is 290 g/mol. The molecule has 0 radical (unpaired) electrons. The number of rotatable bonds is 3. The molecule has 2 N–H and O–H groups in total. The Balaban J connectivity index is 1.81. The first-order valence-electron chi connectivity index (χ1n) is 6.82. The Hall–Kier alpha value is -0.660. The maximum Gasteiger partial charge on any atom is 0.224 e. The lowest BCUT2D eigenvalue weighted by Crippen LogP contribution is -2.48. The summed E-state index contributed by atoms with van der Waals surface area (Å²) in [6.07, 6.45) is 1.92. The number of hydrogen-bond acceptors (Lipinski definition) is 5. The van der Waals surface area contributed by atoms with Crippen LogP contribution in [0.4, 0.5) is 0 Å². The van der Waals surface area contributed by atoms with Gasteiger partial charge in [-0.15, -0.1) is 0 Å². The van der Waals surface area contributed by atoms with E-state index in [-0.39, 0.29) is 36.5 Å². The summed E-state index contributed by atoms with van der Waals surface area (Å²) >= 11 is 0. The van der Waals surface area contributed by atoms with Gasteiger partial charge in [0.05, 0.1) is 11.5 Å². The molecule has 7 heteroatoms. The van der Waals surface area contributed by atoms with Gasteiger partial charge in [0.2, 0.25) is 5.91 Å². The summed E-state index contributed by atoms with van der Waals surface area (Å²) in [4.78, 5) is 13.9. The average molecular weight is 290 g/mol.